The van der Waals surface area contributed by atoms with Gasteiger partial charge in [-0.2, -0.15) is 4.98 Å². The number of hydrogen-bond acceptors (Lipinski definition) is 5. The van der Waals surface area contributed by atoms with Gasteiger partial charge >= 0.3 is 0 Å². The van der Waals surface area contributed by atoms with Crippen LogP contribution in [0.5, 0.6) is 5.88 Å². The summed E-state index contributed by atoms with van der Waals surface area (Å²) in [5, 5.41) is 3.08. The van der Waals surface area contributed by atoms with Crippen LogP contribution in [-0.4, -0.2) is 42.7 Å². The maximum atomic E-state index is 5.47. The van der Waals surface area contributed by atoms with Gasteiger partial charge in [-0.05, 0) is 6.42 Å². The molecule has 6 heteroatoms. The largest absolute Gasteiger partial charge is 0.481 e. The zero-order valence-electron chi connectivity index (χ0n) is 9.28. The number of nitrogens with one attached hydrogen (secondary N) is 1. The molecule has 5 nitrogen and oxygen atoms in total. The van der Waals surface area contributed by atoms with E-state index in [9.17, 15) is 0 Å². The minimum atomic E-state index is 0.534. The molecule has 1 heterocycles. The number of hydrogen-bond donors (Lipinski definition) is 1. The molecule has 0 saturated heterocycles. The highest BCUT2D eigenvalue weighted by Gasteiger charge is 1.97. The highest BCUT2D eigenvalue weighted by molar-refractivity contribution is 6.17. The Morgan fingerprint density at radius 3 is 3.06 bits per heavy atom. The molecular weight excluding hydrogens is 230 g/mol. The van der Waals surface area contributed by atoms with Crippen LogP contribution < -0.4 is 10.1 Å². The van der Waals surface area contributed by atoms with Crippen molar-refractivity contribution in [1.29, 1.82) is 0 Å². The number of methoxy groups -OCH3 is 1. The quantitative estimate of drug-likeness (QED) is 0.556. The van der Waals surface area contributed by atoms with Crippen molar-refractivity contribution in [3.63, 3.8) is 0 Å². The number of rotatable bonds is 8. The molecule has 0 amide bonds. The van der Waals surface area contributed by atoms with E-state index in [2.05, 4.69) is 15.3 Å². The van der Waals surface area contributed by atoms with Crippen LogP contribution in [0.1, 0.15) is 6.42 Å². The van der Waals surface area contributed by atoms with Crippen LogP contribution in [0.2, 0.25) is 0 Å². The van der Waals surface area contributed by atoms with Crippen LogP contribution >= 0.6 is 11.6 Å². The minimum Gasteiger partial charge on any atom is -0.481 e. The van der Waals surface area contributed by atoms with Gasteiger partial charge < -0.3 is 14.8 Å². The molecule has 0 radical (unpaired) electrons. The van der Waals surface area contributed by atoms with Gasteiger partial charge in [0, 0.05) is 31.3 Å². The molecular formula is C10H16ClN3O2. The lowest BCUT2D eigenvalue weighted by molar-refractivity contribution is 0.149. The van der Waals surface area contributed by atoms with E-state index in [0.717, 1.165) is 13.0 Å². The van der Waals surface area contributed by atoms with Gasteiger partial charge in [-0.1, -0.05) is 0 Å². The van der Waals surface area contributed by atoms with Crippen LogP contribution in [0.15, 0.2) is 12.3 Å². The average molecular weight is 246 g/mol. The molecule has 0 saturated carbocycles. The van der Waals surface area contributed by atoms with Gasteiger partial charge in [-0.25, -0.2) is 4.98 Å². The third kappa shape index (κ3) is 5.14. The second kappa shape index (κ2) is 8.13. The van der Waals surface area contributed by atoms with Crippen LogP contribution in [-0.2, 0) is 4.74 Å². The summed E-state index contributed by atoms with van der Waals surface area (Å²) >= 11 is 5.47. The molecule has 0 atom stereocenters. The second-order valence-corrected chi connectivity index (χ2v) is 3.38. The third-order valence-electron chi connectivity index (χ3n) is 1.81. The summed E-state index contributed by atoms with van der Waals surface area (Å²) in [5.41, 5.74) is 0. The molecule has 1 aromatic heterocycles. The van der Waals surface area contributed by atoms with Crippen LogP contribution in [0.4, 0.5) is 5.95 Å². The first kappa shape index (κ1) is 13.0. The Morgan fingerprint density at radius 1 is 1.44 bits per heavy atom. The first-order valence-corrected chi connectivity index (χ1v) is 5.65. The molecule has 0 fully saturated rings. The van der Waals surface area contributed by atoms with E-state index in [1.54, 1.807) is 19.4 Å². The molecule has 1 rings (SSSR count). The molecule has 0 aliphatic carbocycles. The monoisotopic (exact) mass is 245 g/mol. The highest BCUT2D eigenvalue weighted by Crippen LogP contribution is 2.06. The molecule has 0 unspecified atom stereocenters. The first-order chi connectivity index (χ1) is 7.86. The Kier molecular flexibility index (Phi) is 6.60. The summed E-state index contributed by atoms with van der Waals surface area (Å²) in [6, 6.07) is 1.70. The SMILES string of the molecule is COc1ccnc(NCCCOCCCl)n1. The number of aromatic nitrogens is 2. The van der Waals surface area contributed by atoms with Crippen LogP contribution in [0.3, 0.4) is 0 Å². The van der Waals surface area contributed by atoms with Crippen molar-refractivity contribution in [3.8, 4) is 5.88 Å². The van der Waals surface area contributed by atoms with Crippen molar-refractivity contribution in [2.75, 3.05) is 38.1 Å². The lowest BCUT2D eigenvalue weighted by Crippen LogP contribution is -2.09. The number of nitrogens with zero attached hydrogens (tertiary/aromatic N) is 2. The molecule has 0 aliphatic rings. The molecule has 0 bridgehead atoms. The van der Waals surface area contributed by atoms with Crippen molar-refractivity contribution in [2.24, 2.45) is 0 Å². The molecule has 0 aromatic carbocycles. The van der Waals surface area contributed by atoms with Crippen LogP contribution in [0, 0.1) is 0 Å². The van der Waals surface area contributed by atoms with E-state index < -0.39 is 0 Å². The van der Waals surface area contributed by atoms with Crippen LogP contribution in [0.25, 0.3) is 0 Å². The van der Waals surface area contributed by atoms with Gasteiger partial charge in [0.05, 0.1) is 13.7 Å². The van der Waals surface area contributed by atoms with Gasteiger partial charge in [-0.3, -0.25) is 0 Å². The zero-order valence-corrected chi connectivity index (χ0v) is 10.0. The third-order valence-corrected chi connectivity index (χ3v) is 1.96. The predicted molar refractivity (Wildman–Crippen MR) is 63.2 cm³/mol. The molecule has 1 aromatic rings. The second-order valence-electron chi connectivity index (χ2n) is 3.00. The van der Waals surface area contributed by atoms with E-state index in [4.69, 9.17) is 21.1 Å². The molecule has 1 N–H and O–H groups in total. The van der Waals surface area contributed by atoms with E-state index >= 15 is 0 Å². The maximum absolute atomic E-state index is 5.47. The van der Waals surface area contributed by atoms with Crippen molar-refractivity contribution < 1.29 is 9.47 Å². The Morgan fingerprint density at radius 2 is 2.31 bits per heavy atom. The van der Waals surface area contributed by atoms with E-state index in [0.29, 0.717) is 30.9 Å². The van der Waals surface area contributed by atoms with Gasteiger partial charge in [0.15, 0.2) is 0 Å². The summed E-state index contributed by atoms with van der Waals surface area (Å²) in [4.78, 5) is 8.18. The standard InChI is InChI=1S/C10H16ClN3O2/c1-15-9-3-6-13-10(14-9)12-5-2-7-16-8-4-11/h3,6H,2,4-5,7-8H2,1H3,(H,12,13,14). The van der Waals surface area contributed by atoms with Crippen molar-refractivity contribution >= 4 is 17.5 Å². The fourth-order valence-corrected chi connectivity index (χ4v) is 1.18. The van der Waals surface area contributed by atoms with Gasteiger partial charge in [-0.15, -0.1) is 11.6 Å². The number of anilines is 1. The topological polar surface area (TPSA) is 56.3 Å². The van der Waals surface area contributed by atoms with Crippen molar-refractivity contribution in [3.05, 3.63) is 12.3 Å². The predicted octanol–water partition coefficient (Wildman–Crippen LogP) is 1.54. The molecule has 90 valence electrons. The zero-order chi connectivity index (χ0) is 11.6. The van der Waals surface area contributed by atoms with Crippen molar-refractivity contribution in [1.82, 2.24) is 9.97 Å². The normalized spacial score (nSPS) is 10.1. The van der Waals surface area contributed by atoms with Gasteiger partial charge in [0.25, 0.3) is 0 Å². The lowest BCUT2D eigenvalue weighted by atomic mass is 10.4. The van der Waals surface area contributed by atoms with Gasteiger partial charge in [0.1, 0.15) is 0 Å². The average Bonchev–Trinajstić information content (AvgIpc) is 2.34. The molecule has 16 heavy (non-hydrogen) atoms. The number of ether oxygens (including phenoxy) is 2. The summed E-state index contributed by atoms with van der Waals surface area (Å²) in [6.07, 6.45) is 2.54. The van der Waals surface area contributed by atoms with Crippen molar-refractivity contribution in [2.45, 2.75) is 6.42 Å². The van der Waals surface area contributed by atoms with E-state index in [1.807, 2.05) is 0 Å². The summed E-state index contributed by atoms with van der Waals surface area (Å²) < 4.78 is 10.2. The molecule has 0 spiro atoms. The van der Waals surface area contributed by atoms with E-state index in [1.165, 1.54) is 0 Å². The number of alkyl halides is 1. The Bertz CT molecular complexity index is 299. The minimum absolute atomic E-state index is 0.534. The fraction of sp³-hybridized carbons (Fsp3) is 0.600. The Balaban J connectivity index is 2.16. The summed E-state index contributed by atoms with van der Waals surface area (Å²) in [6.45, 7) is 2.04. The van der Waals surface area contributed by atoms with E-state index in [-0.39, 0.29) is 0 Å². The summed E-state index contributed by atoms with van der Waals surface area (Å²) in [7, 11) is 1.58. The Hall–Kier alpha value is -1.07. The maximum Gasteiger partial charge on any atom is 0.225 e. The van der Waals surface area contributed by atoms with Gasteiger partial charge in [0.2, 0.25) is 11.8 Å². The number of halogens is 1. The summed E-state index contributed by atoms with van der Waals surface area (Å²) in [5.74, 6) is 1.65. The first-order valence-electron chi connectivity index (χ1n) is 5.11. The Labute approximate surface area is 100 Å². The highest BCUT2D eigenvalue weighted by atomic mass is 35.5. The lowest BCUT2D eigenvalue weighted by Gasteiger charge is -2.05. The fourth-order valence-electron chi connectivity index (χ4n) is 1.07. The smallest absolute Gasteiger partial charge is 0.225 e. The molecule has 0 aliphatic heterocycles.